The maximum atomic E-state index is 12.0. The maximum absolute atomic E-state index is 12.0. The molecule has 1 atom stereocenters. The Hall–Kier alpha value is -2.93. The zero-order valence-corrected chi connectivity index (χ0v) is 12.9. The normalized spacial score (nSPS) is 13.2. The average molecular weight is 314 g/mol. The van der Waals surface area contributed by atoms with Crippen LogP contribution in [0, 0.1) is 10.1 Å². The third-order valence-electron chi connectivity index (χ3n) is 3.73. The Morgan fingerprint density at radius 3 is 2.22 bits per heavy atom. The van der Waals surface area contributed by atoms with Crippen LogP contribution in [0.4, 0.5) is 11.4 Å². The van der Waals surface area contributed by atoms with E-state index in [1.54, 1.807) is 61.5 Å². The molecular formula is C16H18N4O3. The molecule has 2 aromatic carbocycles. The number of amides is 1. The van der Waals surface area contributed by atoms with Gasteiger partial charge in [0.1, 0.15) is 11.2 Å². The molecule has 1 amide bonds. The number of nitro benzene ring substituents is 1. The van der Waals surface area contributed by atoms with E-state index in [0.29, 0.717) is 11.3 Å². The van der Waals surface area contributed by atoms with Crippen molar-refractivity contribution in [3.05, 3.63) is 69.8 Å². The molecule has 0 heterocycles. The Bertz CT molecular complexity index is 746. The zero-order valence-electron chi connectivity index (χ0n) is 12.9. The summed E-state index contributed by atoms with van der Waals surface area (Å²) in [5.74, 6) is -0.782. The summed E-state index contributed by atoms with van der Waals surface area (Å²) in [4.78, 5) is 24.5. The molecule has 0 bridgehead atoms. The Morgan fingerprint density at radius 1 is 1.13 bits per heavy atom. The van der Waals surface area contributed by atoms with Gasteiger partial charge in [-0.15, -0.1) is 0 Å². The molecule has 0 radical (unpaired) electrons. The Kier molecular flexibility index (Phi) is 4.33. The van der Waals surface area contributed by atoms with E-state index in [9.17, 15) is 14.9 Å². The van der Waals surface area contributed by atoms with Crippen LogP contribution in [-0.2, 0) is 10.3 Å². The van der Waals surface area contributed by atoms with Gasteiger partial charge in [0, 0.05) is 20.2 Å². The summed E-state index contributed by atoms with van der Waals surface area (Å²) in [5.41, 5.74) is 11.2. The summed E-state index contributed by atoms with van der Waals surface area (Å²) < 4.78 is 0. The molecule has 0 aromatic heterocycles. The van der Waals surface area contributed by atoms with Crippen LogP contribution in [0.3, 0.4) is 0 Å². The molecule has 7 heteroatoms. The number of hydrogen-bond donors (Lipinski definition) is 2. The zero-order chi connectivity index (χ0) is 17.2. The second-order valence-electron chi connectivity index (χ2n) is 5.39. The van der Waals surface area contributed by atoms with E-state index in [1.165, 1.54) is 6.07 Å². The van der Waals surface area contributed by atoms with Crippen molar-refractivity contribution >= 4 is 17.3 Å². The summed E-state index contributed by atoms with van der Waals surface area (Å²) in [7, 11) is 3.39. The van der Waals surface area contributed by atoms with E-state index in [4.69, 9.17) is 11.5 Å². The monoisotopic (exact) mass is 314 g/mol. The van der Waals surface area contributed by atoms with Gasteiger partial charge in [0.05, 0.1) is 4.92 Å². The topological polar surface area (TPSA) is 115 Å². The fourth-order valence-corrected chi connectivity index (χ4v) is 2.45. The fourth-order valence-electron chi connectivity index (χ4n) is 2.45. The molecule has 23 heavy (non-hydrogen) atoms. The minimum absolute atomic E-state index is 0.139. The van der Waals surface area contributed by atoms with Gasteiger partial charge in [0.15, 0.2) is 0 Å². The predicted molar refractivity (Wildman–Crippen MR) is 88.0 cm³/mol. The third-order valence-corrected chi connectivity index (χ3v) is 3.73. The lowest BCUT2D eigenvalue weighted by molar-refractivity contribution is -0.384. The second kappa shape index (κ2) is 6.05. The Labute approximate surface area is 133 Å². The predicted octanol–water partition coefficient (Wildman–Crippen LogP) is 1.35. The number of nitro groups is 1. The summed E-state index contributed by atoms with van der Waals surface area (Å²) >= 11 is 0. The van der Waals surface area contributed by atoms with Crippen molar-refractivity contribution in [2.75, 3.05) is 19.0 Å². The van der Waals surface area contributed by atoms with Crippen LogP contribution in [-0.4, -0.2) is 24.9 Å². The molecular weight excluding hydrogens is 296 g/mol. The number of benzene rings is 2. The van der Waals surface area contributed by atoms with Crippen LogP contribution in [0.5, 0.6) is 0 Å². The summed E-state index contributed by atoms with van der Waals surface area (Å²) in [6.45, 7) is 0. The summed E-state index contributed by atoms with van der Waals surface area (Å²) in [5, 5.41) is 11.3. The lowest BCUT2D eigenvalue weighted by Crippen LogP contribution is -2.50. The molecule has 0 aliphatic rings. The van der Waals surface area contributed by atoms with Crippen molar-refractivity contribution in [3.8, 4) is 0 Å². The SMILES string of the molecule is CN(C)c1ccc(C(N)(C(N)=O)c2ccccc2)cc1[N+](=O)[O-]. The van der Waals surface area contributed by atoms with Gasteiger partial charge in [-0.25, -0.2) is 0 Å². The molecule has 120 valence electrons. The van der Waals surface area contributed by atoms with Crippen LogP contribution >= 0.6 is 0 Å². The maximum Gasteiger partial charge on any atom is 0.292 e. The van der Waals surface area contributed by atoms with Crippen molar-refractivity contribution in [1.82, 2.24) is 0 Å². The minimum atomic E-state index is -1.64. The highest BCUT2D eigenvalue weighted by Gasteiger charge is 2.37. The number of carbonyl (C=O) groups excluding carboxylic acids is 1. The molecule has 0 spiro atoms. The second-order valence-corrected chi connectivity index (χ2v) is 5.39. The smallest absolute Gasteiger partial charge is 0.292 e. The third kappa shape index (κ3) is 2.86. The Morgan fingerprint density at radius 2 is 1.74 bits per heavy atom. The molecule has 0 aliphatic carbocycles. The van der Waals surface area contributed by atoms with Gasteiger partial charge in [-0.2, -0.15) is 0 Å². The van der Waals surface area contributed by atoms with Crippen LogP contribution in [0.15, 0.2) is 48.5 Å². The van der Waals surface area contributed by atoms with E-state index in [0.717, 1.165) is 0 Å². The molecule has 2 aromatic rings. The molecule has 0 fully saturated rings. The lowest BCUT2D eigenvalue weighted by Gasteiger charge is -2.27. The molecule has 1 unspecified atom stereocenters. The fraction of sp³-hybridized carbons (Fsp3) is 0.188. The first-order chi connectivity index (χ1) is 10.8. The number of rotatable bonds is 5. The summed E-state index contributed by atoms with van der Waals surface area (Å²) in [6.07, 6.45) is 0. The lowest BCUT2D eigenvalue weighted by atomic mass is 9.82. The molecule has 0 saturated heterocycles. The van der Waals surface area contributed by atoms with Gasteiger partial charge in [-0.05, 0) is 17.2 Å². The van der Waals surface area contributed by atoms with Gasteiger partial charge in [-0.3, -0.25) is 14.9 Å². The van der Waals surface area contributed by atoms with Crippen molar-refractivity contribution in [3.63, 3.8) is 0 Å². The van der Waals surface area contributed by atoms with E-state index < -0.39 is 16.4 Å². The molecule has 7 nitrogen and oxygen atoms in total. The average Bonchev–Trinajstić information content (AvgIpc) is 2.53. The van der Waals surface area contributed by atoms with Gasteiger partial charge < -0.3 is 16.4 Å². The highest BCUT2D eigenvalue weighted by molar-refractivity contribution is 5.90. The molecule has 4 N–H and O–H groups in total. The number of nitrogens with two attached hydrogens (primary N) is 2. The molecule has 0 saturated carbocycles. The number of nitrogens with zero attached hydrogens (tertiary/aromatic N) is 2. The first-order valence-electron chi connectivity index (χ1n) is 6.89. The first-order valence-corrected chi connectivity index (χ1v) is 6.89. The molecule has 2 rings (SSSR count). The highest BCUT2D eigenvalue weighted by Crippen LogP contribution is 2.34. The van der Waals surface area contributed by atoms with Crippen LogP contribution in [0.1, 0.15) is 11.1 Å². The van der Waals surface area contributed by atoms with Crippen LogP contribution in [0.2, 0.25) is 0 Å². The van der Waals surface area contributed by atoms with Crippen molar-refractivity contribution in [2.45, 2.75) is 5.54 Å². The largest absolute Gasteiger partial charge is 0.372 e. The van der Waals surface area contributed by atoms with E-state index in [2.05, 4.69) is 0 Å². The molecule has 0 aliphatic heterocycles. The van der Waals surface area contributed by atoms with Gasteiger partial charge in [0.2, 0.25) is 5.91 Å². The van der Waals surface area contributed by atoms with Gasteiger partial charge >= 0.3 is 0 Å². The number of carbonyl (C=O) groups is 1. The first kappa shape index (κ1) is 16.4. The van der Waals surface area contributed by atoms with Gasteiger partial charge in [0.25, 0.3) is 5.69 Å². The van der Waals surface area contributed by atoms with Crippen LogP contribution < -0.4 is 16.4 Å². The summed E-state index contributed by atoms with van der Waals surface area (Å²) in [6, 6.07) is 13.0. The van der Waals surface area contributed by atoms with Crippen molar-refractivity contribution in [2.24, 2.45) is 11.5 Å². The highest BCUT2D eigenvalue weighted by atomic mass is 16.6. The van der Waals surface area contributed by atoms with E-state index in [-0.39, 0.29) is 11.3 Å². The van der Waals surface area contributed by atoms with Gasteiger partial charge in [-0.1, -0.05) is 36.4 Å². The number of primary amides is 1. The standard InChI is InChI=1S/C16H18N4O3/c1-19(2)13-9-8-12(10-14(13)20(22)23)16(18,15(17)21)11-6-4-3-5-7-11/h3-10H,18H2,1-2H3,(H2,17,21). The number of anilines is 1. The Balaban J connectivity index is 2.69. The quantitative estimate of drug-likeness (QED) is 0.638. The van der Waals surface area contributed by atoms with Crippen molar-refractivity contribution in [1.29, 1.82) is 0 Å². The number of hydrogen-bond acceptors (Lipinski definition) is 5. The van der Waals surface area contributed by atoms with E-state index in [1.807, 2.05) is 0 Å². The minimum Gasteiger partial charge on any atom is -0.372 e. The van der Waals surface area contributed by atoms with Crippen LogP contribution in [0.25, 0.3) is 0 Å². The van der Waals surface area contributed by atoms with E-state index >= 15 is 0 Å². The van der Waals surface area contributed by atoms with Crippen molar-refractivity contribution < 1.29 is 9.72 Å².